The Morgan fingerprint density at radius 3 is 2.95 bits per heavy atom. The van der Waals surface area contributed by atoms with Crippen molar-refractivity contribution in [1.29, 1.82) is 0 Å². The normalized spacial score (nSPS) is 36.2. The summed E-state index contributed by atoms with van der Waals surface area (Å²) in [5.41, 5.74) is 2.41. The molecule has 0 spiro atoms. The van der Waals surface area contributed by atoms with E-state index >= 15 is 0 Å². The maximum atomic E-state index is 12.9. The van der Waals surface area contributed by atoms with Crippen molar-refractivity contribution in [2.45, 2.75) is 50.9 Å². The average Bonchev–Trinajstić information content (AvgIpc) is 3.08. The summed E-state index contributed by atoms with van der Waals surface area (Å²) in [4.78, 5) is 17.4. The molecule has 2 nitrogen and oxygen atoms in total. The van der Waals surface area contributed by atoms with Gasteiger partial charge >= 0.3 is 0 Å². The van der Waals surface area contributed by atoms with Crippen LogP contribution < -0.4 is 0 Å². The molecule has 4 unspecified atom stereocenters. The minimum Gasteiger partial charge on any atom is -0.299 e. The number of rotatable bonds is 2. The summed E-state index contributed by atoms with van der Waals surface area (Å²) >= 11 is 0. The number of ketones is 1. The van der Waals surface area contributed by atoms with Gasteiger partial charge in [0.05, 0.1) is 11.6 Å². The summed E-state index contributed by atoms with van der Waals surface area (Å²) in [5.74, 6) is 2.54. The monoisotopic (exact) mass is 255 g/mol. The Hall–Kier alpha value is -1.18. The maximum absolute atomic E-state index is 12.9. The summed E-state index contributed by atoms with van der Waals surface area (Å²) in [6.07, 6.45) is 10.3. The fraction of sp³-hybridized carbons (Fsp3) is 0.647. The van der Waals surface area contributed by atoms with Gasteiger partial charge in [0.1, 0.15) is 5.78 Å². The lowest BCUT2D eigenvalue weighted by Gasteiger charge is -2.28. The molecule has 1 heterocycles. The zero-order valence-corrected chi connectivity index (χ0v) is 11.3. The molecule has 1 aromatic rings. The Morgan fingerprint density at radius 2 is 2.16 bits per heavy atom. The SMILES string of the molecule is O=C(C1CCCc2cccnc21)C1CC2CCC1C2. The van der Waals surface area contributed by atoms with E-state index in [0.29, 0.717) is 17.6 Å². The first kappa shape index (κ1) is 11.6. The van der Waals surface area contributed by atoms with Crippen molar-refractivity contribution in [3.05, 3.63) is 29.6 Å². The molecule has 2 bridgehead atoms. The van der Waals surface area contributed by atoms with Crippen LogP contribution in [0.25, 0.3) is 0 Å². The highest BCUT2D eigenvalue weighted by Crippen LogP contribution is 2.50. The number of hydrogen-bond acceptors (Lipinski definition) is 2. The van der Waals surface area contributed by atoms with E-state index in [1.807, 2.05) is 12.3 Å². The quantitative estimate of drug-likeness (QED) is 0.809. The van der Waals surface area contributed by atoms with E-state index in [-0.39, 0.29) is 5.92 Å². The lowest BCUT2D eigenvalue weighted by molar-refractivity contribution is -0.126. The molecule has 1 aromatic heterocycles. The highest BCUT2D eigenvalue weighted by Gasteiger charge is 2.45. The van der Waals surface area contributed by atoms with Crippen molar-refractivity contribution in [1.82, 2.24) is 4.98 Å². The first-order valence-corrected chi connectivity index (χ1v) is 7.80. The van der Waals surface area contributed by atoms with Gasteiger partial charge in [0, 0.05) is 12.1 Å². The molecule has 2 fully saturated rings. The molecule has 0 radical (unpaired) electrons. The first-order valence-electron chi connectivity index (χ1n) is 7.80. The van der Waals surface area contributed by atoms with Gasteiger partial charge in [-0.1, -0.05) is 12.5 Å². The smallest absolute Gasteiger partial charge is 0.145 e. The molecule has 3 aliphatic rings. The fourth-order valence-electron chi connectivity index (χ4n) is 4.74. The summed E-state index contributed by atoms with van der Waals surface area (Å²) in [6.45, 7) is 0. The summed E-state index contributed by atoms with van der Waals surface area (Å²) in [6, 6.07) is 4.16. The third kappa shape index (κ3) is 1.84. The number of hydrogen-bond donors (Lipinski definition) is 0. The molecular weight excluding hydrogens is 234 g/mol. The fourth-order valence-corrected chi connectivity index (χ4v) is 4.74. The molecule has 4 atom stereocenters. The van der Waals surface area contributed by atoms with E-state index in [4.69, 9.17) is 0 Å². The molecule has 2 saturated carbocycles. The Morgan fingerprint density at radius 1 is 1.21 bits per heavy atom. The van der Waals surface area contributed by atoms with Crippen LogP contribution in [0.4, 0.5) is 0 Å². The van der Waals surface area contributed by atoms with Crippen LogP contribution in [0.3, 0.4) is 0 Å². The maximum Gasteiger partial charge on any atom is 0.145 e. The summed E-state index contributed by atoms with van der Waals surface area (Å²) in [5, 5.41) is 0. The van der Waals surface area contributed by atoms with Crippen LogP contribution in [0.15, 0.2) is 18.3 Å². The van der Waals surface area contributed by atoms with Gasteiger partial charge in [-0.15, -0.1) is 0 Å². The molecule has 0 amide bonds. The average molecular weight is 255 g/mol. The molecule has 2 heteroatoms. The van der Waals surface area contributed by atoms with Crippen molar-refractivity contribution in [2.24, 2.45) is 17.8 Å². The topological polar surface area (TPSA) is 30.0 Å². The lowest BCUT2D eigenvalue weighted by atomic mass is 9.75. The van der Waals surface area contributed by atoms with Gasteiger partial charge < -0.3 is 0 Å². The Balaban J connectivity index is 1.61. The second-order valence-corrected chi connectivity index (χ2v) is 6.68. The third-order valence-corrected chi connectivity index (χ3v) is 5.64. The van der Waals surface area contributed by atoms with E-state index in [0.717, 1.165) is 30.9 Å². The largest absolute Gasteiger partial charge is 0.299 e. The van der Waals surface area contributed by atoms with Crippen LogP contribution >= 0.6 is 0 Å². The van der Waals surface area contributed by atoms with Gasteiger partial charge in [-0.05, 0) is 62.0 Å². The number of nitrogens with zero attached hydrogens (tertiary/aromatic N) is 1. The Bertz CT molecular complexity index is 510. The minimum atomic E-state index is 0.106. The van der Waals surface area contributed by atoms with Crippen molar-refractivity contribution >= 4 is 5.78 Å². The zero-order chi connectivity index (χ0) is 12.8. The van der Waals surface area contributed by atoms with E-state index in [9.17, 15) is 4.79 Å². The molecular formula is C17H21NO. The number of carbonyl (C=O) groups is 1. The first-order chi connectivity index (χ1) is 9.33. The van der Waals surface area contributed by atoms with Gasteiger partial charge in [0.2, 0.25) is 0 Å². The van der Waals surface area contributed by atoms with Gasteiger partial charge in [-0.25, -0.2) is 0 Å². The van der Waals surface area contributed by atoms with Crippen LogP contribution in [-0.4, -0.2) is 10.8 Å². The van der Waals surface area contributed by atoms with Crippen LogP contribution in [0.5, 0.6) is 0 Å². The highest BCUT2D eigenvalue weighted by atomic mass is 16.1. The molecule has 0 N–H and O–H groups in total. The summed E-state index contributed by atoms with van der Waals surface area (Å²) in [7, 11) is 0. The Labute approximate surface area is 114 Å². The second-order valence-electron chi connectivity index (χ2n) is 6.68. The number of fused-ring (bicyclic) bond motifs is 3. The zero-order valence-electron chi connectivity index (χ0n) is 11.3. The predicted molar refractivity (Wildman–Crippen MR) is 73.9 cm³/mol. The number of aryl methyl sites for hydroxylation is 1. The van der Waals surface area contributed by atoms with Crippen LogP contribution in [0.1, 0.15) is 55.7 Å². The van der Waals surface area contributed by atoms with E-state index in [1.54, 1.807) is 0 Å². The van der Waals surface area contributed by atoms with Crippen molar-refractivity contribution in [3.8, 4) is 0 Å². The van der Waals surface area contributed by atoms with Gasteiger partial charge in [0.15, 0.2) is 0 Å². The molecule has 0 aromatic carbocycles. The standard InChI is InChI=1S/C17H21NO/c19-17(15-10-11-6-7-13(15)9-11)14-5-1-3-12-4-2-8-18-16(12)14/h2,4,8,11,13-15H,1,3,5-7,9-10H2. The van der Waals surface area contributed by atoms with Crippen LogP contribution in [0.2, 0.25) is 0 Å². The van der Waals surface area contributed by atoms with Crippen molar-refractivity contribution in [3.63, 3.8) is 0 Å². The van der Waals surface area contributed by atoms with E-state index in [2.05, 4.69) is 11.1 Å². The number of carbonyl (C=O) groups excluding carboxylic acids is 1. The number of aromatic nitrogens is 1. The predicted octanol–water partition coefficient (Wildman–Crippen LogP) is 3.51. The third-order valence-electron chi connectivity index (χ3n) is 5.64. The van der Waals surface area contributed by atoms with Gasteiger partial charge in [-0.3, -0.25) is 9.78 Å². The van der Waals surface area contributed by atoms with E-state index in [1.165, 1.54) is 31.2 Å². The lowest BCUT2D eigenvalue weighted by Crippen LogP contribution is -2.29. The second kappa shape index (κ2) is 4.43. The van der Waals surface area contributed by atoms with Crippen LogP contribution in [-0.2, 0) is 11.2 Å². The number of pyridine rings is 1. The molecule has 3 aliphatic carbocycles. The minimum absolute atomic E-state index is 0.106. The van der Waals surface area contributed by atoms with E-state index < -0.39 is 0 Å². The molecule has 0 aliphatic heterocycles. The molecule has 19 heavy (non-hydrogen) atoms. The van der Waals surface area contributed by atoms with Gasteiger partial charge in [0.25, 0.3) is 0 Å². The highest BCUT2D eigenvalue weighted by molar-refractivity contribution is 5.88. The molecule has 100 valence electrons. The van der Waals surface area contributed by atoms with Crippen molar-refractivity contribution in [2.75, 3.05) is 0 Å². The molecule has 4 rings (SSSR count). The summed E-state index contributed by atoms with van der Waals surface area (Å²) < 4.78 is 0. The van der Waals surface area contributed by atoms with Crippen LogP contribution in [0, 0.1) is 17.8 Å². The Kier molecular flexibility index (Phi) is 2.71. The number of Topliss-reactive ketones (excluding diaryl/α,β-unsaturated/α-hetero) is 1. The molecule has 0 saturated heterocycles. The van der Waals surface area contributed by atoms with Crippen molar-refractivity contribution < 1.29 is 4.79 Å². The van der Waals surface area contributed by atoms with Gasteiger partial charge in [-0.2, -0.15) is 0 Å².